The molecule has 0 aromatic rings. The summed E-state index contributed by atoms with van der Waals surface area (Å²) >= 11 is 0. The van der Waals surface area contributed by atoms with Crippen molar-refractivity contribution in [3.8, 4) is 0 Å². The normalized spacial score (nSPS) is 36.2. The summed E-state index contributed by atoms with van der Waals surface area (Å²) < 4.78 is 0. The van der Waals surface area contributed by atoms with Gasteiger partial charge in [-0.3, -0.25) is 9.69 Å². The smallest absolute Gasteiger partial charge is 0.310 e. The van der Waals surface area contributed by atoms with Gasteiger partial charge in [0, 0.05) is 19.1 Å². The second-order valence-corrected chi connectivity index (χ2v) is 5.72. The third-order valence-corrected chi connectivity index (χ3v) is 4.63. The molecule has 4 heteroatoms. The van der Waals surface area contributed by atoms with E-state index < -0.39 is 11.4 Å². The van der Waals surface area contributed by atoms with E-state index in [0.29, 0.717) is 6.04 Å². The molecule has 2 rings (SSSR count). The van der Waals surface area contributed by atoms with Crippen LogP contribution in [0.1, 0.15) is 32.6 Å². The van der Waals surface area contributed by atoms with Crippen LogP contribution in [0.4, 0.5) is 0 Å². The molecular formula is C13H24N2O2. The Kier molecular flexibility index (Phi) is 3.73. The molecule has 0 saturated carbocycles. The zero-order chi connectivity index (χ0) is 12.5. The molecular weight excluding hydrogens is 216 g/mol. The first-order valence-corrected chi connectivity index (χ1v) is 6.73. The summed E-state index contributed by atoms with van der Waals surface area (Å²) in [4.78, 5) is 16.2. The number of likely N-dealkylation sites (tertiary alicyclic amines) is 2. The van der Waals surface area contributed by atoms with Crippen LogP contribution in [0.3, 0.4) is 0 Å². The van der Waals surface area contributed by atoms with E-state index in [1.54, 1.807) is 0 Å². The average Bonchev–Trinajstić information content (AvgIpc) is 2.74. The van der Waals surface area contributed by atoms with Crippen molar-refractivity contribution >= 4 is 5.97 Å². The maximum absolute atomic E-state index is 11.4. The predicted octanol–water partition coefficient (Wildman–Crippen LogP) is 1.27. The van der Waals surface area contributed by atoms with E-state index in [4.69, 9.17) is 0 Å². The molecule has 2 unspecified atom stereocenters. The number of nitrogens with zero attached hydrogens (tertiary/aromatic N) is 2. The van der Waals surface area contributed by atoms with Gasteiger partial charge in [-0.25, -0.2) is 0 Å². The minimum atomic E-state index is -0.605. The number of carboxylic acids is 1. The summed E-state index contributed by atoms with van der Waals surface area (Å²) in [7, 11) is 2.16. The molecule has 2 aliphatic heterocycles. The second kappa shape index (κ2) is 4.94. The van der Waals surface area contributed by atoms with Crippen molar-refractivity contribution in [1.29, 1.82) is 0 Å². The SMILES string of the molecule is CCC1(C(=O)O)CCN(C2CCCN(C)C2)C1. The van der Waals surface area contributed by atoms with Crippen LogP contribution in [0.15, 0.2) is 0 Å². The summed E-state index contributed by atoms with van der Waals surface area (Å²) in [6, 6.07) is 0.571. The lowest BCUT2D eigenvalue weighted by Crippen LogP contribution is -2.47. The summed E-state index contributed by atoms with van der Waals surface area (Å²) in [6.07, 6.45) is 4.04. The van der Waals surface area contributed by atoms with Gasteiger partial charge in [-0.2, -0.15) is 0 Å². The van der Waals surface area contributed by atoms with Crippen molar-refractivity contribution in [3.05, 3.63) is 0 Å². The van der Waals surface area contributed by atoms with E-state index in [-0.39, 0.29) is 0 Å². The maximum Gasteiger partial charge on any atom is 0.310 e. The molecule has 2 saturated heterocycles. The summed E-state index contributed by atoms with van der Waals surface area (Å²) in [5.41, 5.74) is -0.476. The monoisotopic (exact) mass is 240 g/mol. The van der Waals surface area contributed by atoms with Crippen molar-refractivity contribution < 1.29 is 9.90 Å². The van der Waals surface area contributed by atoms with Gasteiger partial charge in [-0.1, -0.05) is 6.92 Å². The lowest BCUT2D eigenvalue weighted by atomic mass is 9.84. The highest BCUT2D eigenvalue weighted by Crippen LogP contribution is 2.36. The minimum Gasteiger partial charge on any atom is -0.481 e. The van der Waals surface area contributed by atoms with Gasteiger partial charge in [-0.05, 0) is 45.8 Å². The molecule has 0 radical (unpaired) electrons. The Morgan fingerprint density at radius 2 is 2.24 bits per heavy atom. The first kappa shape index (κ1) is 12.8. The second-order valence-electron chi connectivity index (χ2n) is 5.72. The van der Waals surface area contributed by atoms with E-state index in [0.717, 1.165) is 32.5 Å². The topological polar surface area (TPSA) is 43.8 Å². The molecule has 2 heterocycles. The molecule has 0 aliphatic carbocycles. The Hall–Kier alpha value is -0.610. The highest BCUT2D eigenvalue weighted by atomic mass is 16.4. The van der Waals surface area contributed by atoms with Crippen LogP contribution in [0.5, 0.6) is 0 Å². The van der Waals surface area contributed by atoms with E-state index in [1.165, 1.54) is 19.4 Å². The molecule has 2 fully saturated rings. The van der Waals surface area contributed by atoms with E-state index in [2.05, 4.69) is 16.8 Å². The molecule has 0 bridgehead atoms. The fourth-order valence-electron chi connectivity index (χ4n) is 3.27. The summed E-state index contributed by atoms with van der Waals surface area (Å²) in [5, 5.41) is 9.39. The molecule has 0 amide bonds. The average molecular weight is 240 g/mol. The molecule has 2 atom stereocenters. The van der Waals surface area contributed by atoms with Gasteiger partial charge in [0.2, 0.25) is 0 Å². The number of aliphatic carboxylic acids is 1. The highest BCUT2D eigenvalue weighted by Gasteiger charge is 2.45. The van der Waals surface area contributed by atoms with Gasteiger partial charge in [0.05, 0.1) is 5.41 Å². The van der Waals surface area contributed by atoms with Gasteiger partial charge in [0.25, 0.3) is 0 Å². The van der Waals surface area contributed by atoms with Crippen LogP contribution >= 0.6 is 0 Å². The third kappa shape index (κ3) is 2.47. The van der Waals surface area contributed by atoms with Crippen LogP contribution in [0.2, 0.25) is 0 Å². The predicted molar refractivity (Wildman–Crippen MR) is 67.1 cm³/mol. The number of carbonyl (C=O) groups is 1. The van der Waals surface area contributed by atoms with Crippen molar-refractivity contribution in [2.75, 3.05) is 33.2 Å². The van der Waals surface area contributed by atoms with Crippen LogP contribution in [0, 0.1) is 5.41 Å². The van der Waals surface area contributed by atoms with Gasteiger partial charge < -0.3 is 10.0 Å². The lowest BCUT2D eigenvalue weighted by molar-refractivity contribution is -0.148. The largest absolute Gasteiger partial charge is 0.481 e. The van der Waals surface area contributed by atoms with E-state index >= 15 is 0 Å². The van der Waals surface area contributed by atoms with Crippen molar-refractivity contribution in [3.63, 3.8) is 0 Å². The Morgan fingerprint density at radius 1 is 1.47 bits per heavy atom. The van der Waals surface area contributed by atoms with Crippen molar-refractivity contribution in [2.45, 2.75) is 38.6 Å². The lowest BCUT2D eigenvalue weighted by Gasteiger charge is -2.36. The van der Waals surface area contributed by atoms with Crippen molar-refractivity contribution in [2.24, 2.45) is 5.41 Å². The standard InChI is InChI=1S/C13H24N2O2/c1-3-13(12(16)17)6-8-15(10-13)11-5-4-7-14(2)9-11/h11H,3-10H2,1-2H3,(H,16,17). The molecule has 4 nitrogen and oxygen atoms in total. The quantitative estimate of drug-likeness (QED) is 0.807. The zero-order valence-electron chi connectivity index (χ0n) is 11.0. The number of carboxylic acid groups (broad SMARTS) is 1. The number of likely N-dealkylation sites (N-methyl/N-ethyl adjacent to an activating group) is 1. The van der Waals surface area contributed by atoms with Gasteiger partial charge in [-0.15, -0.1) is 0 Å². The fraction of sp³-hybridized carbons (Fsp3) is 0.923. The van der Waals surface area contributed by atoms with Crippen LogP contribution in [-0.2, 0) is 4.79 Å². The third-order valence-electron chi connectivity index (χ3n) is 4.63. The molecule has 2 aliphatic rings. The fourth-order valence-corrected chi connectivity index (χ4v) is 3.27. The number of hydrogen-bond donors (Lipinski definition) is 1. The molecule has 0 aromatic carbocycles. The molecule has 0 spiro atoms. The molecule has 17 heavy (non-hydrogen) atoms. The molecule has 1 N–H and O–H groups in total. The van der Waals surface area contributed by atoms with Gasteiger partial charge in [0.1, 0.15) is 0 Å². The zero-order valence-corrected chi connectivity index (χ0v) is 11.0. The Morgan fingerprint density at radius 3 is 2.76 bits per heavy atom. The number of piperidine rings is 1. The van der Waals surface area contributed by atoms with Crippen LogP contribution in [0.25, 0.3) is 0 Å². The highest BCUT2D eigenvalue weighted by molar-refractivity contribution is 5.75. The van der Waals surface area contributed by atoms with Crippen LogP contribution in [-0.4, -0.2) is 60.1 Å². The Bertz CT molecular complexity index is 295. The molecule has 0 aromatic heterocycles. The minimum absolute atomic E-state index is 0.476. The summed E-state index contributed by atoms with van der Waals surface area (Å²) in [5.74, 6) is -0.605. The first-order chi connectivity index (χ1) is 8.07. The van der Waals surface area contributed by atoms with Gasteiger partial charge >= 0.3 is 5.97 Å². The maximum atomic E-state index is 11.4. The van der Waals surface area contributed by atoms with Crippen molar-refractivity contribution in [1.82, 2.24) is 9.80 Å². The van der Waals surface area contributed by atoms with Crippen LogP contribution < -0.4 is 0 Å². The first-order valence-electron chi connectivity index (χ1n) is 6.73. The van der Waals surface area contributed by atoms with Gasteiger partial charge in [0.15, 0.2) is 0 Å². The Balaban J connectivity index is 1.99. The number of rotatable bonds is 3. The number of hydrogen-bond acceptors (Lipinski definition) is 3. The van der Waals surface area contributed by atoms with E-state index in [9.17, 15) is 9.90 Å². The Labute approximate surface area is 104 Å². The van der Waals surface area contributed by atoms with E-state index in [1.807, 2.05) is 6.92 Å². The summed E-state index contributed by atoms with van der Waals surface area (Å²) in [6.45, 7) is 5.99. The molecule has 98 valence electrons.